The fraction of sp³-hybridized carbons (Fsp3) is 0.684. The Morgan fingerprint density at radius 1 is 0.577 bits per heavy atom. The zero-order valence-corrected chi connectivity index (χ0v) is 31.9. The normalized spacial score (nSPS) is 15.4. The average Bonchev–Trinajstić information content (AvgIpc) is 3.88. The van der Waals surface area contributed by atoms with E-state index < -0.39 is 0 Å². The van der Waals surface area contributed by atoms with E-state index >= 15 is 0 Å². The zero-order chi connectivity index (χ0) is 35.9. The van der Waals surface area contributed by atoms with Crippen LogP contribution in [-0.2, 0) is 37.9 Å². The third-order valence-corrected chi connectivity index (χ3v) is 9.96. The van der Waals surface area contributed by atoms with E-state index in [0.29, 0.717) is 106 Å². The van der Waals surface area contributed by atoms with E-state index in [2.05, 4.69) is 45.0 Å². The molecule has 2 aliphatic heterocycles. The Balaban J connectivity index is 0.805. The Morgan fingerprint density at radius 3 is 1.63 bits per heavy atom. The van der Waals surface area contributed by atoms with Crippen molar-refractivity contribution in [2.24, 2.45) is 0 Å². The van der Waals surface area contributed by atoms with Gasteiger partial charge in [0.1, 0.15) is 10.8 Å². The molecule has 2 aromatic heterocycles. The maximum Gasteiger partial charge on any atom is 0.128 e. The van der Waals surface area contributed by atoms with E-state index in [-0.39, 0.29) is 0 Å². The van der Waals surface area contributed by atoms with Crippen molar-refractivity contribution in [3.05, 3.63) is 36.5 Å². The lowest BCUT2D eigenvalue weighted by atomic mass is 10.2. The molecule has 0 atom stereocenters. The standard InChI is InChI=1S/C38H59N5O8S/c1-2-44-17-18-46-21-22-48-25-26-50-29-30-51-28-27-49-24-23-47-20-19-45-16-15-41-11-13-42(14-12-41)34-6-7-35-36(31-34)52-38(40-35)33-5-8-37(39-32-33)43-9-3-4-10-43/h5-8,31-32H,2-4,9-30H2,1H3. The molecular formula is C38H59N5O8S. The number of rotatable bonds is 28. The summed E-state index contributed by atoms with van der Waals surface area (Å²) in [5, 5.41) is 1.03. The van der Waals surface area contributed by atoms with Gasteiger partial charge in [0.25, 0.3) is 0 Å². The predicted molar refractivity (Wildman–Crippen MR) is 205 cm³/mol. The number of anilines is 2. The first-order valence-electron chi connectivity index (χ1n) is 19.0. The molecule has 0 bridgehead atoms. The summed E-state index contributed by atoms with van der Waals surface area (Å²) in [7, 11) is 0. The van der Waals surface area contributed by atoms with Crippen molar-refractivity contribution in [1.82, 2.24) is 14.9 Å². The Morgan fingerprint density at radius 2 is 1.12 bits per heavy atom. The maximum absolute atomic E-state index is 5.82. The molecule has 0 unspecified atom stereocenters. The molecule has 52 heavy (non-hydrogen) atoms. The molecule has 14 heteroatoms. The van der Waals surface area contributed by atoms with Crippen LogP contribution >= 0.6 is 11.3 Å². The monoisotopic (exact) mass is 745 g/mol. The highest BCUT2D eigenvalue weighted by Gasteiger charge is 2.18. The van der Waals surface area contributed by atoms with E-state index in [1.807, 2.05) is 13.1 Å². The maximum atomic E-state index is 5.82. The number of ether oxygens (including phenoxy) is 8. The second-order valence-corrected chi connectivity index (χ2v) is 13.6. The molecule has 0 amide bonds. The molecular weight excluding hydrogens is 687 g/mol. The summed E-state index contributed by atoms with van der Waals surface area (Å²) in [4.78, 5) is 16.9. The Kier molecular flexibility index (Phi) is 19.4. The molecule has 3 aromatic rings. The van der Waals surface area contributed by atoms with Crippen molar-refractivity contribution in [2.45, 2.75) is 19.8 Å². The molecule has 0 N–H and O–H groups in total. The van der Waals surface area contributed by atoms with Gasteiger partial charge in [-0.3, -0.25) is 4.90 Å². The summed E-state index contributed by atoms with van der Waals surface area (Å²) in [6.45, 7) is 18.4. The van der Waals surface area contributed by atoms with Crippen molar-refractivity contribution < 1.29 is 37.9 Å². The number of piperazine rings is 1. The van der Waals surface area contributed by atoms with Crippen molar-refractivity contribution in [3.63, 3.8) is 0 Å². The molecule has 290 valence electrons. The van der Waals surface area contributed by atoms with Crippen molar-refractivity contribution in [2.75, 3.05) is 161 Å². The molecule has 0 spiro atoms. The van der Waals surface area contributed by atoms with Gasteiger partial charge in [-0.25, -0.2) is 9.97 Å². The van der Waals surface area contributed by atoms with Crippen LogP contribution in [0.15, 0.2) is 36.5 Å². The van der Waals surface area contributed by atoms with Crippen LogP contribution in [0, 0.1) is 0 Å². The third kappa shape index (κ3) is 14.7. The summed E-state index contributed by atoms with van der Waals surface area (Å²) >= 11 is 1.75. The van der Waals surface area contributed by atoms with Crippen LogP contribution in [-0.4, -0.2) is 166 Å². The highest BCUT2D eigenvalue weighted by molar-refractivity contribution is 7.21. The Bertz CT molecular complexity index is 1350. The van der Waals surface area contributed by atoms with Crippen molar-refractivity contribution in [1.29, 1.82) is 0 Å². The molecule has 2 saturated heterocycles. The number of aromatic nitrogens is 2. The molecule has 2 fully saturated rings. The highest BCUT2D eigenvalue weighted by atomic mass is 32.1. The van der Waals surface area contributed by atoms with Crippen molar-refractivity contribution >= 4 is 33.1 Å². The molecule has 5 rings (SSSR count). The smallest absolute Gasteiger partial charge is 0.128 e. The van der Waals surface area contributed by atoms with Gasteiger partial charge < -0.3 is 47.7 Å². The fourth-order valence-corrected chi connectivity index (χ4v) is 6.98. The van der Waals surface area contributed by atoms with Crippen LogP contribution in [0.25, 0.3) is 20.8 Å². The molecule has 2 aliphatic rings. The van der Waals surface area contributed by atoms with Crippen LogP contribution < -0.4 is 9.80 Å². The van der Waals surface area contributed by atoms with E-state index in [0.717, 1.165) is 67.7 Å². The molecule has 1 aromatic carbocycles. The third-order valence-electron chi connectivity index (χ3n) is 8.89. The SMILES string of the molecule is CCOCCOCCOCCOCCOCCOCCOCCOCCN1CCN(c2ccc3nc(-c4ccc(N5CCCC5)nc4)sc3c2)CC1. The highest BCUT2D eigenvalue weighted by Crippen LogP contribution is 2.33. The lowest BCUT2D eigenvalue weighted by Crippen LogP contribution is -2.47. The number of thiazole rings is 1. The summed E-state index contributed by atoms with van der Waals surface area (Å²) in [6, 6.07) is 11.0. The van der Waals surface area contributed by atoms with E-state index in [9.17, 15) is 0 Å². The van der Waals surface area contributed by atoms with Crippen molar-refractivity contribution in [3.8, 4) is 10.6 Å². The number of fused-ring (bicyclic) bond motifs is 1. The molecule has 0 radical (unpaired) electrons. The van der Waals surface area contributed by atoms with Crippen LogP contribution in [0.5, 0.6) is 0 Å². The largest absolute Gasteiger partial charge is 0.379 e. The molecule has 13 nitrogen and oxygen atoms in total. The van der Waals surface area contributed by atoms with Gasteiger partial charge in [-0.2, -0.15) is 0 Å². The average molecular weight is 746 g/mol. The number of pyridine rings is 1. The molecule has 0 aliphatic carbocycles. The molecule has 0 saturated carbocycles. The van der Waals surface area contributed by atoms with Crippen LogP contribution in [0.4, 0.5) is 11.5 Å². The van der Waals surface area contributed by atoms with Gasteiger partial charge in [0.15, 0.2) is 0 Å². The number of hydrogen-bond acceptors (Lipinski definition) is 14. The lowest BCUT2D eigenvalue weighted by Gasteiger charge is -2.36. The van der Waals surface area contributed by atoms with Gasteiger partial charge in [0.05, 0.1) is 109 Å². The first-order valence-corrected chi connectivity index (χ1v) is 19.8. The minimum absolute atomic E-state index is 0.533. The van der Waals surface area contributed by atoms with Gasteiger partial charge in [-0.05, 0) is 50.1 Å². The Hall–Kier alpha value is -2.50. The number of nitrogens with zero attached hydrogens (tertiary/aromatic N) is 5. The van der Waals surface area contributed by atoms with Crippen LogP contribution in [0.1, 0.15) is 19.8 Å². The minimum atomic E-state index is 0.533. The van der Waals surface area contributed by atoms with Crippen LogP contribution in [0.3, 0.4) is 0 Å². The molecule has 4 heterocycles. The summed E-state index contributed by atoms with van der Waals surface area (Å²) in [5.41, 5.74) is 3.40. The summed E-state index contributed by atoms with van der Waals surface area (Å²) in [6.07, 6.45) is 4.48. The zero-order valence-electron chi connectivity index (χ0n) is 31.1. The van der Waals surface area contributed by atoms with E-state index in [4.69, 9.17) is 47.9 Å². The van der Waals surface area contributed by atoms with E-state index in [1.165, 1.54) is 23.2 Å². The quantitative estimate of drug-likeness (QED) is 0.0991. The van der Waals surface area contributed by atoms with Crippen LogP contribution in [0.2, 0.25) is 0 Å². The van der Waals surface area contributed by atoms with E-state index in [1.54, 1.807) is 11.3 Å². The predicted octanol–water partition coefficient (Wildman–Crippen LogP) is 4.23. The minimum Gasteiger partial charge on any atom is -0.379 e. The van der Waals surface area contributed by atoms with Gasteiger partial charge in [0, 0.05) is 69.9 Å². The van der Waals surface area contributed by atoms with Gasteiger partial charge >= 0.3 is 0 Å². The van der Waals surface area contributed by atoms with Gasteiger partial charge in [-0.15, -0.1) is 11.3 Å². The number of benzene rings is 1. The summed E-state index contributed by atoms with van der Waals surface area (Å²) in [5.74, 6) is 1.07. The van der Waals surface area contributed by atoms with Gasteiger partial charge in [0.2, 0.25) is 0 Å². The second-order valence-electron chi connectivity index (χ2n) is 12.6. The Labute approximate surface area is 313 Å². The topological polar surface area (TPSA) is 109 Å². The summed E-state index contributed by atoms with van der Waals surface area (Å²) < 4.78 is 45.3. The first-order chi connectivity index (χ1) is 25.8. The van der Waals surface area contributed by atoms with Gasteiger partial charge in [-0.1, -0.05) is 0 Å². The lowest BCUT2D eigenvalue weighted by molar-refractivity contribution is -0.0232. The first kappa shape index (κ1) is 40.7. The fourth-order valence-electron chi connectivity index (χ4n) is 5.99. The number of hydrogen-bond donors (Lipinski definition) is 0. The second kappa shape index (κ2) is 24.7.